The molecule has 0 bridgehead atoms. The zero-order chi connectivity index (χ0) is 74.8. The van der Waals surface area contributed by atoms with Gasteiger partial charge in [-0.1, -0.05) is 367 Å². The standard InChI is InChI=1S/C83H158O17P2/c1-6-9-12-15-18-21-24-27-30-31-32-33-34-35-36-38-41-44-47-54-59-64-69-83(88)99-78(72-93-80(85)66-61-56-51-45-42-40-37-28-25-22-19-16-13-10-7-2)74-97-101(89,90)95-70-77(84)71-96-102(91,92)98-75-79(73-94-81(86)67-62-57-52-49-48-50-55-60-65-76(4)5)100-82(87)68-63-58-53-46-43-39-29-26-23-20-17-14-11-8-3/h22,25,28,37,76-79,84H,6-21,23-24,26-27,29-36,38-75H2,1-5H3,(H,89,90)(H,91,92)/b25-22-,37-28-/t77-,78-,79-/m1/s1. The first-order valence-corrected chi connectivity index (χ1v) is 45.4. The first kappa shape index (κ1) is 99.5. The Balaban J connectivity index is 5.25. The Hall–Kier alpha value is -2.46. The summed E-state index contributed by atoms with van der Waals surface area (Å²) in [7, 11) is -9.93. The quantitative estimate of drug-likeness (QED) is 0.0169. The number of carbonyl (C=O) groups excluding carboxylic acids is 4. The highest BCUT2D eigenvalue weighted by Gasteiger charge is 2.30. The number of aliphatic hydroxyl groups excluding tert-OH is 1. The van der Waals surface area contributed by atoms with E-state index in [0.717, 1.165) is 115 Å². The van der Waals surface area contributed by atoms with Gasteiger partial charge in [-0.15, -0.1) is 0 Å². The molecule has 0 saturated heterocycles. The van der Waals surface area contributed by atoms with Crippen LogP contribution < -0.4 is 0 Å². The van der Waals surface area contributed by atoms with E-state index in [1.807, 2.05) is 0 Å². The van der Waals surface area contributed by atoms with E-state index in [-0.39, 0.29) is 25.7 Å². The molecule has 0 aromatic carbocycles. The van der Waals surface area contributed by atoms with Crippen molar-refractivity contribution >= 4 is 39.5 Å². The lowest BCUT2D eigenvalue weighted by Crippen LogP contribution is -2.30. The number of allylic oxidation sites excluding steroid dienone is 4. The summed E-state index contributed by atoms with van der Waals surface area (Å²) in [5, 5.41) is 10.6. The van der Waals surface area contributed by atoms with Crippen LogP contribution in [0, 0.1) is 5.92 Å². The van der Waals surface area contributed by atoms with Crippen molar-refractivity contribution in [1.82, 2.24) is 0 Å². The van der Waals surface area contributed by atoms with Crippen molar-refractivity contribution in [2.45, 2.75) is 438 Å². The van der Waals surface area contributed by atoms with E-state index in [9.17, 15) is 43.2 Å². The Morgan fingerprint density at radius 3 is 0.804 bits per heavy atom. The smallest absolute Gasteiger partial charge is 0.462 e. The number of hydrogen-bond acceptors (Lipinski definition) is 15. The monoisotopic (exact) mass is 1490 g/mol. The zero-order valence-electron chi connectivity index (χ0n) is 66.2. The van der Waals surface area contributed by atoms with Gasteiger partial charge >= 0.3 is 39.5 Å². The molecular formula is C83H158O17P2. The van der Waals surface area contributed by atoms with Crippen LogP contribution in [0.15, 0.2) is 24.3 Å². The van der Waals surface area contributed by atoms with Gasteiger partial charge < -0.3 is 33.8 Å². The summed E-state index contributed by atoms with van der Waals surface area (Å²) in [6.07, 6.45) is 70.3. The van der Waals surface area contributed by atoms with Gasteiger partial charge in [0.05, 0.1) is 26.4 Å². The lowest BCUT2D eigenvalue weighted by atomic mass is 10.0. The second-order valence-electron chi connectivity index (χ2n) is 29.7. The number of unbranched alkanes of at least 4 members (excludes halogenated alkanes) is 50. The number of carbonyl (C=O) groups is 4. The van der Waals surface area contributed by atoms with Crippen LogP contribution in [0.3, 0.4) is 0 Å². The molecule has 0 aliphatic heterocycles. The Labute approximate surface area is 624 Å². The highest BCUT2D eigenvalue weighted by Crippen LogP contribution is 2.45. The van der Waals surface area contributed by atoms with Gasteiger partial charge in [0.15, 0.2) is 12.2 Å². The summed E-state index contributed by atoms with van der Waals surface area (Å²) >= 11 is 0. The molecule has 0 spiro atoms. The highest BCUT2D eigenvalue weighted by molar-refractivity contribution is 7.47. The van der Waals surface area contributed by atoms with Gasteiger partial charge in [-0.2, -0.15) is 0 Å². The van der Waals surface area contributed by atoms with Crippen molar-refractivity contribution in [3.05, 3.63) is 24.3 Å². The van der Waals surface area contributed by atoms with E-state index in [1.54, 1.807) is 0 Å². The number of esters is 4. The van der Waals surface area contributed by atoms with E-state index >= 15 is 0 Å². The summed E-state index contributed by atoms with van der Waals surface area (Å²) in [4.78, 5) is 73.0. The van der Waals surface area contributed by atoms with Gasteiger partial charge in [0.2, 0.25) is 0 Å². The van der Waals surface area contributed by atoms with E-state index in [0.29, 0.717) is 25.7 Å². The molecule has 0 saturated carbocycles. The van der Waals surface area contributed by atoms with Crippen molar-refractivity contribution in [1.29, 1.82) is 0 Å². The predicted molar refractivity (Wildman–Crippen MR) is 418 cm³/mol. The molecule has 0 radical (unpaired) electrons. The SMILES string of the molecule is CCCCCC/C=C\C=C/CCCCCCCC(=O)OC[C@H](COP(=O)(O)OC[C@@H](O)COP(=O)(O)OC[C@@H](COC(=O)CCCCCCCCCCC(C)C)OC(=O)CCCCCCCCCCCCCCCC)OC(=O)CCCCCCCCCCCCCCCCCCCCCCCC. The Morgan fingerprint density at radius 1 is 0.304 bits per heavy atom. The fourth-order valence-corrected chi connectivity index (χ4v) is 14.0. The molecule has 0 amide bonds. The number of aliphatic hydroxyl groups is 1. The molecule has 5 atom stereocenters. The lowest BCUT2D eigenvalue weighted by molar-refractivity contribution is -0.161. The molecule has 0 aliphatic rings. The normalized spacial score (nSPS) is 14.0. The van der Waals surface area contributed by atoms with Crippen LogP contribution in [-0.4, -0.2) is 96.7 Å². The average molecular weight is 1490 g/mol. The van der Waals surface area contributed by atoms with Crippen LogP contribution in [-0.2, 0) is 65.4 Å². The largest absolute Gasteiger partial charge is 0.472 e. The van der Waals surface area contributed by atoms with Crippen molar-refractivity contribution in [2.24, 2.45) is 5.92 Å². The van der Waals surface area contributed by atoms with Crippen LogP contribution in [0.5, 0.6) is 0 Å². The third-order valence-electron chi connectivity index (χ3n) is 18.9. The van der Waals surface area contributed by atoms with E-state index in [2.05, 4.69) is 58.9 Å². The molecule has 19 heteroatoms. The van der Waals surface area contributed by atoms with Crippen LogP contribution in [0.2, 0.25) is 0 Å². The maximum atomic E-state index is 13.1. The van der Waals surface area contributed by atoms with Crippen LogP contribution in [0.1, 0.15) is 420 Å². The van der Waals surface area contributed by atoms with Gasteiger partial charge in [0, 0.05) is 25.7 Å². The van der Waals surface area contributed by atoms with E-state index < -0.39 is 97.5 Å². The minimum absolute atomic E-state index is 0.102. The highest BCUT2D eigenvalue weighted by atomic mass is 31.2. The zero-order valence-corrected chi connectivity index (χ0v) is 68.0. The van der Waals surface area contributed by atoms with Gasteiger partial charge in [-0.3, -0.25) is 37.3 Å². The summed E-state index contributed by atoms with van der Waals surface area (Å²) < 4.78 is 68.7. The molecule has 0 rings (SSSR count). The molecule has 0 aromatic rings. The maximum Gasteiger partial charge on any atom is 0.472 e. The third kappa shape index (κ3) is 75.8. The topological polar surface area (TPSA) is 237 Å². The maximum absolute atomic E-state index is 13.1. The minimum Gasteiger partial charge on any atom is -0.462 e. The fourth-order valence-electron chi connectivity index (χ4n) is 12.4. The van der Waals surface area contributed by atoms with Crippen molar-refractivity contribution in [2.75, 3.05) is 39.6 Å². The van der Waals surface area contributed by atoms with Crippen LogP contribution in [0.4, 0.5) is 0 Å². The van der Waals surface area contributed by atoms with Crippen LogP contribution >= 0.6 is 15.6 Å². The molecule has 0 aliphatic carbocycles. The molecule has 102 heavy (non-hydrogen) atoms. The first-order chi connectivity index (χ1) is 49.5. The first-order valence-electron chi connectivity index (χ1n) is 42.5. The van der Waals surface area contributed by atoms with E-state index in [1.165, 1.54) is 225 Å². The molecule has 0 aromatic heterocycles. The second-order valence-corrected chi connectivity index (χ2v) is 32.6. The average Bonchev–Trinajstić information content (AvgIpc) is 0.933. The van der Waals surface area contributed by atoms with E-state index in [4.69, 9.17) is 37.0 Å². The summed E-state index contributed by atoms with van der Waals surface area (Å²) in [5.74, 6) is -1.41. The minimum atomic E-state index is -4.97. The number of hydrogen-bond donors (Lipinski definition) is 3. The summed E-state index contributed by atoms with van der Waals surface area (Å²) in [5.41, 5.74) is 0. The number of ether oxygens (including phenoxy) is 4. The lowest BCUT2D eigenvalue weighted by Gasteiger charge is -2.21. The number of phosphoric acid groups is 2. The Bertz CT molecular complexity index is 2040. The molecule has 0 heterocycles. The fraction of sp³-hybridized carbons (Fsp3) is 0.904. The molecule has 3 N–H and O–H groups in total. The second kappa shape index (κ2) is 75.4. The van der Waals surface area contributed by atoms with Gasteiger partial charge in [-0.25, -0.2) is 9.13 Å². The molecular weight excluding hydrogens is 1330 g/mol. The molecule has 602 valence electrons. The Kier molecular flexibility index (Phi) is 73.5. The predicted octanol–water partition coefficient (Wildman–Crippen LogP) is 24.8. The number of rotatable bonds is 81. The summed E-state index contributed by atoms with van der Waals surface area (Å²) in [6, 6.07) is 0. The van der Waals surface area contributed by atoms with Crippen LogP contribution in [0.25, 0.3) is 0 Å². The van der Waals surface area contributed by atoms with Gasteiger partial charge in [0.1, 0.15) is 19.3 Å². The molecule has 2 unspecified atom stereocenters. The van der Waals surface area contributed by atoms with Gasteiger partial charge in [-0.05, 0) is 57.3 Å². The Morgan fingerprint density at radius 2 is 0.529 bits per heavy atom. The van der Waals surface area contributed by atoms with Crippen molar-refractivity contribution in [3.63, 3.8) is 0 Å². The summed E-state index contributed by atoms with van der Waals surface area (Å²) in [6.45, 7) is 7.24. The third-order valence-corrected chi connectivity index (χ3v) is 20.8. The van der Waals surface area contributed by atoms with Crippen molar-refractivity contribution in [3.8, 4) is 0 Å². The molecule has 17 nitrogen and oxygen atoms in total. The number of phosphoric ester groups is 2. The van der Waals surface area contributed by atoms with Crippen molar-refractivity contribution < 1.29 is 80.2 Å². The molecule has 0 fully saturated rings. The van der Waals surface area contributed by atoms with Gasteiger partial charge in [0.25, 0.3) is 0 Å².